The lowest BCUT2D eigenvalue weighted by molar-refractivity contribution is 0.102. The molecule has 0 aliphatic rings. The van der Waals surface area contributed by atoms with Crippen molar-refractivity contribution in [3.05, 3.63) is 72.1 Å². The Morgan fingerprint density at radius 3 is 2.42 bits per heavy atom. The van der Waals surface area contributed by atoms with Crippen molar-refractivity contribution in [3.8, 4) is 5.75 Å². The minimum atomic E-state index is -1.05. The molecule has 0 spiro atoms. The van der Waals surface area contributed by atoms with Gasteiger partial charge in [0.2, 0.25) is 5.95 Å². The number of halogens is 2. The fraction of sp³-hybridized carbons (Fsp3) is 0.0556. The Balaban J connectivity index is 1.73. The highest BCUT2D eigenvalue weighted by Gasteiger charge is 2.11. The molecule has 132 valence electrons. The van der Waals surface area contributed by atoms with Gasteiger partial charge in [0.25, 0.3) is 5.91 Å². The molecule has 3 rings (SSSR count). The predicted molar refractivity (Wildman–Crippen MR) is 92.6 cm³/mol. The first-order valence-electron chi connectivity index (χ1n) is 7.55. The molecule has 0 aliphatic heterocycles. The molecule has 0 saturated carbocycles. The van der Waals surface area contributed by atoms with E-state index in [9.17, 15) is 13.6 Å². The van der Waals surface area contributed by atoms with Crippen LogP contribution in [-0.2, 0) is 0 Å². The molecule has 0 unspecified atom stereocenters. The van der Waals surface area contributed by atoms with Crippen LogP contribution in [0, 0.1) is 11.6 Å². The van der Waals surface area contributed by atoms with Gasteiger partial charge in [-0.2, -0.15) is 0 Å². The smallest absolute Gasteiger partial charge is 0.274 e. The summed E-state index contributed by atoms with van der Waals surface area (Å²) in [4.78, 5) is 20.4. The van der Waals surface area contributed by atoms with Crippen molar-refractivity contribution >= 4 is 23.2 Å². The van der Waals surface area contributed by atoms with Gasteiger partial charge >= 0.3 is 0 Å². The van der Waals surface area contributed by atoms with E-state index in [1.807, 2.05) is 0 Å². The number of nitrogens with one attached hydrogen (secondary N) is 2. The largest absolute Gasteiger partial charge is 0.497 e. The number of hydrogen-bond donors (Lipinski definition) is 2. The van der Waals surface area contributed by atoms with Crippen molar-refractivity contribution in [3.63, 3.8) is 0 Å². The van der Waals surface area contributed by atoms with E-state index in [0.29, 0.717) is 11.4 Å². The average molecular weight is 356 g/mol. The van der Waals surface area contributed by atoms with E-state index in [-0.39, 0.29) is 17.3 Å². The number of aromatic nitrogens is 2. The molecule has 0 bridgehead atoms. The zero-order chi connectivity index (χ0) is 18.5. The van der Waals surface area contributed by atoms with E-state index in [1.54, 1.807) is 31.4 Å². The van der Waals surface area contributed by atoms with Crippen molar-refractivity contribution in [2.45, 2.75) is 0 Å². The molecule has 1 amide bonds. The molecule has 3 aromatic rings. The molecule has 0 saturated heterocycles. The Labute approximate surface area is 147 Å². The average Bonchev–Trinajstić information content (AvgIpc) is 2.65. The van der Waals surface area contributed by atoms with Crippen LogP contribution in [0.2, 0.25) is 0 Å². The number of ether oxygens (including phenoxy) is 1. The van der Waals surface area contributed by atoms with Crippen molar-refractivity contribution in [1.29, 1.82) is 0 Å². The third-order valence-corrected chi connectivity index (χ3v) is 3.41. The molecule has 1 heterocycles. The Morgan fingerprint density at radius 1 is 1.00 bits per heavy atom. The first-order valence-corrected chi connectivity index (χ1v) is 7.55. The molecule has 0 aliphatic carbocycles. The zero-order valence-electron chi connectivity index (χ0n) is 13.7. The summed E-state index contributed by atoms with van der Waals surface area (Å²) in [6.45, 7) is 0. The molecule has 1 aromatic heterocycles. The van der Waals surface area contributed by atoms with Gasteiger partial charge in [0.1, 0.15) is 11.4 Å². The van der Waals surface area contributed by atoms with Gasteiger partial charge in [0.15, 0.2) is 11.6 Å². The molecular formula is C18H14F2N4O2. The summed E-state index contributed by atoms with van der Waals surface area (Å²) >= 11 is 0. The first kappa shape index (κ1) is 17.3. The Bertz CT molecular complexity index is 933. The zero-order valence-corrected chi connectivity index (χ0v) is 13.7. The minimum absolute atomic E-state index is 0.0701. The van der Waals surface area contributed by atoms with E-state index in [2.05, 4.69) is 20.6 Å². The van der Waals surface area contributed by atoms with Gasteiger partial charge in [-0.05, 0) is 42.5 Å². The van der Waals surface area contributed by atoms with E-state index < -0.39 is 17.5 Å². The monoisotopic (exact) mass is 356 g/mol. The summed E-state index contributed by atoms with van der Waals surface area (Å²) in [5.41, 5.74) is 0.905. The number of carbonyl (C=O) groups excluding carboxylic acids is 1. The van der Waals surface area contributed by atoms with Crippen LogP contribution in [0.25, 0.3) is 0 Å². The lowest BCUT2D eigenvalue weighted by atomic mass is 10.3. The lowest BCUT2D eigenvalue weighted by Gasteiger charge is -2.08. The standard InChI is InChI=1S/C18H14F2N4O2/c1-26-13-5-2-11(3-6-13)23-18-21-9-8-16(24-18)17(25)22-12-4-7-14(19)15(20)10-12/h2-10H,1H3,(H,22,25)(H,21,23,24). The maximum absolute atomic E-state index is 13.2. The third kappa shape index (κ3) is 4.10. The number of benzene rings is 2. The Hall–Kier alpha value is -3.55. The lowest BCUT2D eigenvalue weighted by Crippen LogP contribution is -2.15. The number of methoxy groups -OCH3 is 1. The maximum atomic E-state index is 13.2. The van der Waals surface area contributed by atoms with Crippen molar-refractivity contribution in [2.75, 3.05) is 17.7 Å². The van der Waals surface area contributed by atoms with Crippen molar-refractivity contribution in [2.24, 2.45) is 0 Å². The molecule has 2 N–H and O–H groups in total. The summed E-state index contributed by atoms with van der Waals surface area (Å²) in [6.07, 6.45) is 1.42. The molecule has 0 atom stereocenters. The summed E-state index contributed by atoms with van der Waals surface area (Å²) in [7, 11) is 1.57. The van der Waals surface area contributed by atoms with Crippen molar-refractivity contribution in [1.82, 2.24) is 9.97 Å². The number of anilines is 3. The molecule has 6 nitrogen and oxygen atoms in total. The number of hydrogen-bond acceptors (Lipinski definition) is 5. The fourth-order valence-electron chi connectivity index (χ4n) is 2.12. The quantitative estimate of drug-likeness (QED) is 0.728. The third-order valence-electron chi connectivity index (χ3n) is 3.41. The molecular weight excluding hydrogens is 342 g/mol. The second kappa shape index (κ2) is 7.56. The fourth-order valence-corrected chi connectivity index (χ4v) is 2.12. The predicted octanol–water partition coefficient (Wildman–Crippen LogP) is 3.76. The molecule has 2 aromatic carbocycles. The number of amides is 1. The van der Waals surface area contributed by atoms with Crippen LogP contribution < -0.4 is 15.4 Å². The summed E-state index contributed by atoms with van der Waals surface area (Å²) in [5.74, 6) is -1.69. The van der Waals surface area contributed by atoms with Gasteiger partial charge < -0.3 is 15.4 Å². The van der Waals surface area contributed by atoms with Crippen LogP contribution in [0.1, 0.15) is 10.5 Å². The second-order valence-electron chi connectivity index (χ2n) is 5.20. The first-order chi connectivity index (χ1) is 12.5. The van der Waals surface area contributed by atoms with Crippen molar-refractivity contribution < 1.29 is 18.3 Å². The highest BCUT2D eigenvalue weighted by atomic mass is 19.2. The summed E-state index contributed by atoms with van der Waals surface area (Å²) in [5, 5.41) is 5.42. The summed E-state index contributed by atoms with van der Waals surface area (Å²) in [6, 6.07) is 11.6. The van der Waals surface area contributed by atoms with E-state index >= 15 is 0 Å². The van der Waals surface area contributed by atoms with E-state index in [0.717, 1.165) is 12.1 Å². The minimum Gasteiger partial charge on any atom is -0.497 e. The number of nitrogens with zero attached hydrogens (tertiary/aromatic N) is 2. The van der Waals surface area contributed by atoms with Crippen LogP contribution in [-0.4, -0.2) is 23.0 Å². The van der Waals surface area contributed by atoms with E-state index in [1.165, 1.54) is 18.3 Å². The number of carbonyl (C=O) groups is 1. The highest BCUT2D eigenvalue weighted by molar-refractivity contribution is 6.03. The van der Waals surface area contributed by atoms with Crippen LogP contribution in [0.15, 0.2) is 54.7 Å². The normalized spacial score (nSPS) is 10.3. The van der Waals surface area contributed by atoms with Gasteiger partial charge in [-0.1, -0.05) is 0 Å². The second-order valence-corrected chi connectivity index (χ2v) is 5.20. The summed E-state index contributed by atoms with van der Waals surface area (Å²) < 4.78 is 31.2. The Kier molecular flexibility index (Phi) is 5.02. The topological polar surface area (TPSA) is 76.1 Å². The van der Waals surface area contributed by atoms with E-state index in [4.69, 9.17) is 4.74 Å². The van der Waals surface area contributed by atoms with Crippen LogP contribution in [0.4, 0.5) is 26.1 Å². The molecule has 0 fully saturated rings. The molecule has 8 heteroatoms. The molecule has 0 radical (unpaired) electrons. The van der Waals surface area contributed by atoms with Gasteiger partial charge in [0, 0.05) is 23.6 Å². The van der Waals surface area contributed by atoms with Crippen LogP contribution in [0.3, 0.4) is 0 Å². The highest BCUT2D eigenvalue weighted by Crippen LogP contribution is 2.18. The molecule has 26 heavy (non-hydrogen) atoms. The van der Waals surface area contributed by atoms with Crippen LogP contribution >= 0.6 is 0 Å². The van der Waals surface area contributed by atoms with Gasteiger partial charge in [-0.3, -0.25) is 4.79 Å². The Morgan fingerprint density at radius 2 is 1.73 bits per heavy atom. The van der Waals surface area contributed by atoms with Gasteiger partial charge in [-0.15, -0.1) is 0 Å². The SMILES string of the molecule is COc1ccc(Nc2nccc(C(=O)Nc3ccc(F)c(F)c3)n2)cc1. The van der Waals surface area contributed by atoms with Gasteiger partial charge in [-0.25, -0.2) is 18.7 Å². The maximum Gasteiger partial charge on any atom is 0.274 e. The van der Waals surface area contributed by atoms with Gasteiger partial charge in [0.05, 0.1) is 7.11 Å². The van der Waals surface area contributed by atoms with Crippen LogP contribution in [0.5, 0.6) is 5.75 Å². The number of rotatable bonds is 5.